The first-order chi connectivity index (χ1) is 10.6. The number of H-pyrrole nitrogens is 1. The maximum absolute atomic E-state index is 11.0. The maximum Gasteiger partial charge on any atom is 0.209 e. The van der Waals surface area contributed by atoms with Crippen LogP contribution in [-0.4, -0.2) is 36.5 Å². The quantitative estimate of drug-likeness (QED) is 0.726. The number of Topliss-reactive ketones (excluding diaryl/α,β-unsaturated/α-hetero) is 1. The number of aromatic amines is 1. The molecule has 1 aromatic carbocycles. The minimum Gasteiger partial charge on any atom is -0.299 e. The molecule has 0 aliphatic heterocycles. The fourth-order valence-corrected chi connectivity index (χ4v) is 2.59. The molecule has 0 saturated heterocycles. The number of nitrogens with one attached hydrogen (secondary N) is 1. The average Bonchev–Trinajstić information content (AvgIpc) is 3.14. The largest absolute Gasteiger partial charge is 0.299 e. The number of carbonyl (C=O) groups is 1. The van der Waals surface area contributed by atoms with E-state index < -0.39 is 0 Å². The second-order valence-electron chi connectivity index (χ2n) is 4.61. The predicted octanol–water partition coefficient (Wildman–Crippen LogP) is 2.99. The molecule has 0 spiro atoms. The summed E-state index contributed by atoms with van der Waals surface area (Å²) in [6.45, 7) is 1.54. The minimum atomic E-state index is 0.0881. The molecule has 0 unspecified atom stereocenters. The second-order valence-corrected chi connectivity index (χ2v) is 5.99. The second kappa shape index (κ2) is 6.33. The van der Waals surface area contributed by atoms with Crippen molar-refractivity contribution in [2.24, 2.45) is 0 Å². The number of aromatic nitrogens is 5. The van der Waals surface area contributed by atoms with Gasteiger partial charge in [0.1, 0.15) is 5.78 Å². The molecular formula is C14H12ClN5OS. The Hall–Kier alpha value is -2.12. The van der Waals surface area contributed by atoms with E-state index in [9.17, 15) is 4.79 Å². The topological polar surface area (TPSA) is 76.5 Å². The minimum absolute atomic E-state index is 0.0881. The van der Waals surface area contributed by atoms with E-state index in [0.717, 1.165) is 11.3 Å². The molecule has 0 fully saturated rings. The summed E-state index contributed by atoms with van der Waals surface area (Å²) in [5.74, 6) is 1.06. The smallest absolute Gasteiger partial charge is 0.209 e. The summed E-state index contributed by atoms with van der Waals surface area (Å²) in [5, 5.41) is 12.4. The molecule has 112 valence electrons. The van der Waals surface area contributed by atoms with Crippen molar-refractivity contribution in [2.75, 3.05) is 5.75 Å². The van der Waals surface area contributed by atoms with E-state index in [1.54, 1.807) is 10.9 Å². The summed E-state index contributed by atoms with van der Waals surface area (Å²) < 4.78 is 1.71. The Kier molecular flexibility index (Phi) is 4.26. The fourth-order valence-electron chi connectivity index (χ4n) is 1.81. The molecule has 2 heterocycles. The van der Waals surface area contributed by atoms with Gasteiger partial charge < -0.3 is 0 Å². The number of hydrogen-bond acceptors (Lipinski definition) is 5. The molecule has 22 heavy (non-hydrogen) atoms. The van der Waals surface area contributed by atoms with Crippen LogP contribution in [0.5, 0.6) is 0 Å². The van der Waals surface area contributed by atoms with Gasteiger partial charge in [0.2, 0.25) is 5.16 Å². The fraction of sp³-hybridized carbons (Fsp3) is 0.143. The molecule has 8 heteroatoms. The number of ketones is 1. The summed E-state index contributed by atoms with van der Waals surface area (Å²) in [5.41, 5.74) is 1.67. The van der Waals surface area contributed by atoms with E-state index in [1.807, 2.05) is 30.5 Å². The van der Waals surface area contributed by atoms with Crippen LogP contribution in [0.1, 0.15) is 6.92 Å². The average molecular weight is 334 g/mol. The number of rotatable bonds is 5. The Labute approximate surface area is 135 Å². The normalized spacial score (nSPS) is 10.8. The zero-order valence-corrected chi connectivity index (χ0v) is 13.2. The van der Waals surface area contributed by atoms with Gasteiger partial charge >= 0.3 is 0 Å². The number of thioether (sulfide) groups is 1. The summed E-state index contributed by atoms with van der Waals surface area (Å²) in [7, 11) is 0. The van der Waals surface area contributed by atoms with Gasteiger partial charge in [0.15, 0.2) is 5.82 Å². The molecule has 3 rings (SSSR count). The van der Waals surface area contributed by atoms with Gasteiger partial charge in [0.25, 0.3) is 0 Å². The van der Waals surface area contributed by atoms with Gasteiger partial charge in [-0.1, -0.05) is 29.4 Å². The van der Waals surface area contributed by atoms with Crippen molar-refractivity contribution < 1.29 is 4.79 Å². The first-order valence-electron chi connectivity index (χ1n) is 6.47. The predicted molar refractivity (Wildman–Crippen MR) is 85.4 cm³/mol. The van der Waals surface area contributed by atoms with Crippen LogP contribution in [0, 0.1) is 0 Å². The lowest BCUT2D eigenvalue weighted by Crippen LogP contribution is -1.93. The van der Waals surface area contributed by atoms with Crippen LogP contribution in [0.15, 0.2) is 41.8 Å². The van der Waals surface area contributed by atoms with Crippen molar-refractivity contribution in [1.29, 1.82) is 0 Å². The molecule has 2 aromatic heterocycles. The summed E-state index contributed by atoms with van der Waals surface area (Å²) in [6, 6.07) is 7.42. The zero-order chi connectivity index (χ0) is 15.5. The van der Waals surface area contributed by atoms with E-state index in [4.69, 9.17) is 11.6 Å². The highest BCUT2D eigenvalue weighted by Crippen LogP contribution is 2.21. The molecule has 0 aliphatic rings. The van der Waals surface area contributed by atoms with Crippen LogP contribution in [0.3, 0.4) is 0 Å². The van der Waals surface area contributed by atoms with E-state index in [2.05, 4.69) is 20.3 Å². The van der Waals surface area contributed by atoms with E-state index in [1.165, 1.54) is 18.7 Å². The summed E-state index contributed by atoms with van der Waals surface area (Å²) >= 11 is 7.28. The Morgan fingerprint density at radius 3 is 3.09 bits per heavy atom. The highest BCUT2D eigenvalue weighted by molar-refractivity contribution is 7.99. The Morgan fingerprint density at radius 2 is 2.32 bits per heavy atom. The van der Waals surface area contributed by atoms with Crippen molar-refractivity contribution >= 4 is 29.1 Å². The molecule has 0 amide bonds. The van der Waals surface area contributed by atoms with Crippen molar-refractivity contribution in [3.8, 4) is 17.1 Å². The van der Waals surface area contributed by atoms with E-state index >= 15 is 0 Å². The van der Waals surface area contributed by atoms with Crippen LogP contribution >= 0.6 is 23.4 Å². The third kappa shape index (κ3) is 3.37. The van der Waals surface area contributed by atoms with Crippen molar-refractivity contribution in [2.45, 2.75) is 12.1 Å². The molecule has 6 nitrogen and oxygen atoms in total. The first-order valence-corrected chi connectivity index (χ1v) is 7.84. The van der Waals surface area contributed by atoms with Gasteiger partial charge in [-0.15, -0.1) is 5.10 Å². The molecule has 1 N–H and O–H groups in total. The number of benzene rings is 1. The monoisotopic (exact) mass is 333 g/mol. The standard InChI is InChI=1S/C14H12ClN5OS/c1-9(21)8-22-14-17-13(18-19-14)10-6-16-20(7-10)12-4-2-3-11(15)5-12/h2-7H,8H2,1H3,(H,17,18,19). The molecule has 0 saturated carbocycles. The van der Waals surface area contributed by atoms with Crippen LogP contribution in [0.2, 0.25) is 5.02 Å². The molecule has 0 bridgehead atoms. The van der Waals surface area contributed by atoms with Crippen LogP contribution < -0.4 is 0 Å². The summed E-state index contributed by atoms with van der Waals surface area (Å²) in [6.07, 6.45) is 3.53. The molecule has 0 radical (unpaired) electrons. The van der Waals surface area contributed by atoms with E-state index in [0.29, 0.717) is 21.8 Å². The van der Waals surface area contributed by atoms with Crippen molar-refractivity contribution in [3.63, 3.8) is 0 Å². The van der Waals surface area contributed by atoms with Crippen LogP contribution in [0.25, 0.3) is 17.1 Å². The van der Waals surface area contributed by atoms with Crippen LogP contribution in [-0.2, 0) is 4.79 Å². The van der Waals surface area contributed by atoms with Crippen LogP contribution in [0.4, 0.5) is 0 Å². The number of carbonyl (C=O) groups excluding carboxylic acids is 1. The first kappa shape index (κ1) is 14.8. The Morgan fingerprint density at radius 1 is 1.45 bits per heavy atom. The highest BCUT2D eigenvalue weighted by atomic mass is 35.5. The van der Waals surface area contributed by atoms with Gasteiger partial charge in [-0.3, -0.25) is 9.89 Å². The van der Waals surface area contributed by atoms with Gasteiger partial charge in [0.05, 0.1) is 23.2 Å². The maximum atomic E-state index is 11.0. The van der Waals surface area contributed by atoms with Gasteiger partial charge in [0, 0.05) is 11.2 Å². The SMILES string of the molecule is CC(=O)CSc1n[nH]c(-c2cnn(-c3cccc(Cl)c3)c2)n1. The molecular weight excluding hydrogens is 322 g/mol. The van der Waals surface area contributed by atoms with E-state index in [-0.39, 0.29) is 5.78 Å². The number of hydrogen-bond donors (Lipinski definition) is 1. The lowest BCUT2D eigenvalue weighted by Gasteiger charge is -2.00. The molecule has 0 atom stereocenters. The Bertz CT molecular complexity index is 813. The number of nitrogens with zero attached hydrogens (tertiary/aromatic N) is 4. The third-order valence-electron chi connectivity index (χ3n) is 2.80. The van der Waals surface area contributed by atoms with Crippen molar-refractivity contribution in [1.82, 2.24) is 25.0 Å². The van der Waals surface area contributed by atoms with Gasteiger partial charge in [-0.2, -0.15) is 5.10 Å². The van der Waals surface area contributed by atoms with Crippen molar-refractivity contribution in [3.05, 3.63) is 41.7 Å². The highest BCUT2D eigenvalue weighted by Gasteiger charge is 2.10. The lowest BCUT2D eigenvalue weighted by molar-refractivity contribution is -0.114. The van der Waals surface area contributed by atoms with Gasteiger partial charge in [-0.25, -0.2) is 9.67 Å². The van der Waals surface area contributed by atoms with Gasteiger partial charge in [-0.05, 0) is 25.1 Å². The molecule has 0 aliphatic carbocycles. The summed E-state index contributed by atoms with van der Waals surface area (Å²) in [4.78, 5) is 15.3. The third-order valence-corrected chi connectivity index (χ3v) is 4.02. The zero-order valence-electron chi connectivity index (χ0n) is 11.7. The molecule has 3 aromatic rings. The number of halogens is 1. The lowest BCUT2D eigenvalue weighted by atomic mass is 10.3. The Balaban J connectivity index is 1.80.